The van der Waals surface area contributed by atoms with E-state index in [4.69, 9.17) is 0 Å². The van der Waals surface area contributed by atoms with Crippen LogP contribution < -0.4 is 0 Å². The summed E-state index contributed by atoms with van der Waals surface area (Å²) in [5.41, 5.74) is 1.43. The number of aromatic nitrogens is 1. The molecule has 6 heteroatoms. The first-order chi connectivity index (χ1) is 13.7. The van der Waals surface area contributed by atoms with Crippen LogP contribution in [-0.4, -0.2) is 45.3 Å². The molecule has 0 spiro atoms. The molecule has 0 aliphatic rings. The van der Waals surface area contributed by atoms with Crippen LogP contribution in [0, 0.1) is 11.7 Å². The van der Waals surface area contributed by atoms with Gasteiger partial charge in [0.2, 0.25) is 5.91 Å². The van der Waals surface area contributed by atoms with Crippen molar-refractivity contribution in [2.45, 2.75) is 46.7 Å². The number of carbonyl (C=O) groups is 2. The number of rotatable bonds is 9. The number of nitrogens with zero attached hydrogens (tertiary/aromatic N) is 3. The molecule has 0 N–H and O–H groups in total. The van der Waals surface area contributed by atoms with Gasteiger partial charge in [0.1, 0.15) is 12.4 Å². The van der Waals surface area contributed by atoms with Crippen molar-refractivity contribution in [1.82, 2.24) is 14.4 Å². The van der Waals surface area contributed by atoms with Crippen molar-refractivity contribution in [2.75, 3.05) is 13.1 Å². The molecule has 1 aromatic carbocycles. The Morgan fingerprint density at radius 1 is 1.10 bits per heavy atom. The Bertz CT molecular complexity index is 814. The number of aryl methyl sites for hydroxylation is 1. The minimum Gasteiger partial charge on any atom is -0.353 e. The lowest BCUT2D eigenvalue weighted by Gasteiger charge is -2.32. The number of amides is 2. The number of benzene rings is 1. The molecule has 0 aliphatic carbocycles. The van der Waals surface area contributed by atoms with Crippen LogP contribution in [0.2, 0.25) is 0 Å². The highest BCUT2D eigenvalue weighted by Crippen LogP contribution is 2.14. The number of halogens is 1. The van der Waals surface area contributed by atoms with Crippen LogP contribution >= 0.6 is 0 Å². The molecule has 0 aliphatic heterocycles. The van der Waals surface area contributed by atoms with Crippen LogP contribution in [0.4, 0.5) is 4.39 Å². The van der Waals surface area contributed by atoms with E-state index in [0.717, 1.165) is 12.1 Å². The summed E-state index contributed by atoms with van der Waals surface area (Å²) >= 11 is 0. The Labute approximate surface area is 173 Å². The zero-order valence-electron chi connectivity index (χ0n) is 18.1. The van der Waals surface area contributed by atoms with E-state index in [9.17, 15) is 14.0 Å². The van der Waals surface area contributed by atoms with E-state index >= 15 is 0 Å². The largest absolute Gasteiger partial charge is 0.353 e. The van der Waals surface area contributed by atoms with Gasteiger partial charge in [-0.2, -0.15) is 0 Å². The average molecular weight is 402 g/mol. The fourth-order valence-corrected chi connectivity index (χ4v) is 3.20. The lowest BCUT2D eigenvalue weighted by Crippen LogP contribution is -2.47. The normalized spacial score (nSPS) is 12.1. The summed E-state index contributed by atoms with van der Waals surface area (Å²) in [5, 5.41) is 0. The van der Waals surface area contributed by atoms with Crippen LogP contribution in [0.25, 0.3) is 0 Å². The number of hydrogen-bond donors (Lipinski definition) is 0. The highest BCUT2D eigenvalue weighted by Gasteiger charge is 2.26. The van der Waals surface area contributed by atoms with E-state index in [1.807, 2.05) is 48.7 Å². The Hall–Kier alpha value is -2.63. The Morgan fingerprint density at radius 3 is 2.28 bits per heavy atom. The summed E-state index contributed by atoms with van der Waals surface area (Å²) < 4.78 is 15.2. The smallest absolute Gasteiger partial charge is 0.254 e. The minimum absolute atomic E-state index is 0.00234. The van der Waals surface area contributed by atoms with E-state index in [1.165, 1.54) is 24.3 Å². The first-order valence-electron chi connectivity index (χ1n) is 10.2. The maximum atomic E-state index is 13.2. The van der Waals surface area contributed by atoms with Gasteiger partial charge in [0.15, 0.2) is 0 Å². The molecule has 0 unspecified atom stereocenters. The first-order valence-corrected chi connectivity index (χ1v) is 10.2. The second kappa shape index (κ2) is 10.2. The molecular formula is C23H32FN3O2. The lowest BCUT2D eigenvalue weighted by molar-refractivity contribution is -0.133. The van der Waals surface area contributed by atoms with Gasteiger partial charge >= 0.3 is 0 Å². The third-order valence-electron chi connectivity index (χ3n) is 5.12. The molecule has 0 radical (unpaired) electrons. The SMILES string of the molecule is CC[C@@H](C)N(CC(=O)N(Cc1cccn1C)CC(C)C)C(=O)c1ccc(F)cc1. The van der Waals surface area contributed by atoms with E-state index in [1.54, 1.807) is 4.90 Å². The lowest BCUT2D eigenvalue weighted by atomic mass is 10.1. The molecule has 158 valence electrons. The third-order valence-corrected chi connectivity index (χ3v) is 5.12. The molecule has 0 bridgehead atoms. The molecule has 2 aromatic rings. The molecule has 5 nitrogen and oxygen atoms in total. The third kappa shape index (κ3) is 6.17. The topological polar surface area (TPSA) is 45.6 Å². The summed E-state index contributed by atoms with van der Waals surface area (Å²) in [6.07, 6.45) is 2.68. The van der Waals surface area contributed by atoms with Gasteiger partial charge in [0.25, 0.3) is 5.91 Å². The Kier molecular flexibility index (Phi) is 8.00. The van der Waals surface area contributed by atoms with Crippen molar-refractivity contribution in [1.29, 1.82) is 0 Å². The maximum absolute atomic E-state index is 13.2. The summed E-state index contributed by atoms with van der Waals surface area (Å²) in [6.45, 7) is 9.17. The van der Waals surface area contributed by atoms with Gasteiger partial charge in [-0.05, 0) is 55.7 Å². The van der Waals surface area contributed by atoms with Gasteiger partial charge in [-0.3, -0.25) is 9.59 Å². The van der Waals surface area contributed by atoms with Gasteiger partial charge < -0.3 is 14.4 Å². The molecule has 0 fully saturated rings. The van der Waals surface area contributed by atoms with Gasteiger partial charge in [-0.25, -0.2) is 4.39 Å². The maximum Gasteiger partial charge on any atom is 0.254 e. The minimum atomic E-state index is -0.390. The quantitative estimate of drug-likeness (QED) is 0.635. The summed E-state index contributed by atoms with van der Waals surface area (Å²) in [6, 6.07) is 9.32. The van der Waals surface area contributed by atoms with Crippen molar-refractivity contribution in [3.05, 3.63) is 59.7 Å². The van der Waals surface area contributed by atoms with Crippen LogP contribution in [0.5, 0.6) is 0 Å². The molecule has 29 heavy (non-hydrogen) atoms. The molecule has 0 saturated carbocycles. The summed E-state index contributed by atoms with van der Waals surface area (Å²) in [7, 11) is 1.96. The fraction of sp³-hybridized carbons (Fsp3) is 0.478. The summed E-state index contributed by atoms with van der Waals surface area (Å²) in [5.74, 6) is -0.422. The highest BCUT2D eigenvalue weighted by molar-refractivity contribution is 5.96. The van der Waals surface area contributed by atoms with Gasteiger partial charge in [0, 0.05) is 37.1 Å². The molecule has 1 aromatic heterocycles. The number of hydrogen-bond acceptors (Lipinski definition) is 2. The predicted molar refractivity (Wildman–Crippen MR) is 113 cm³/mol. The van der Waals surface area contributed by atoms with Crippen LogP contribution in [0.1, 0.15) is 50.2 Å². The predicted octanol–water partition coefficient (Wildman–Crippen LogP) is 4.09. The standard InChI is InChI=1S/C23H32FN3O2/c1-6-18(4)27(23(29)19-9-11-20(24)12-10-19)16-22(28)26(14-17(2)3)15-21-8-7-13-25(21)5/h7-13,17-18H,6,14-16H2,1-5H3/t18-/m1/s1. The van der Waals surface area contributed by atoms with Crippen molar-refractivity contribution in [2.24, 2.45) is 13.0 Å². The highest BCUT2D eigenvalue weighted by atomic mass is 19.1. The molecular weight excluding hydrogens is 369 g/mol. The monoisotopic (exact) mass is 401 g/mol. The van der Waals surface area contributed by atoms with Gasteiger partial charge in [-0.15, -0.1) is 0 Å². The van der Waals surface area contributed by atoms with E-state index in [0.29, 0.717) is 24.6 Å². The Balaban J connectivity index is 2.22. The number of carbonyl (C=O) groups excluding carboxylic acids is 2. The van der Waals surface area contributed by atoms with Crippen molar-refractivity contribution in [3.8, 4) is 0 Å². The fourth-order valence-electron chi connectivity index (χ4n) is 3.20. The summed E-state index contributed by atoms with van der Waals surface area (Å²) in [4.78, 5) is 29.6. The zero-order chi connectivity index (χ0) is 21.6. The van der Waals surface area contributed by atoms with Crippen LogP contribution in [0.3, 0.4) is 0 Å². The molecule has 2 amide bonds. The second-order valence-corrected chi connectivity index (χ2v) is 7.98. The van der Waals surface area contributed by atoms with Gasteiger partial charge in [-0.1, -0.05) is 20.8 Å². The average Bonchev–Trinajstić information content (AvgIpc) is 3.09. The van der Waals surface area contributed by atoms with Crippen LogP contribution in [0.15, 0.2) is 42.6 Å². The molecule has 2 rings (SSSR count). The first kappa shape index (κ1) is 22.7. The van der Waals surface area contributed by atoms with E-state index in [2.05, 4.69) is 13.8 Å². The van der Waals surface area contributed by atoms with E-state index in [-0.39, 0.29) is 24.4 Å². The van der Waals surface area contributed by atoms with Crippen molar-refractivity contribution >= 4 is 11.8 Å². The van der Waals surface area contributed by atoms with Crippen molar-refractivity contribution in [3.63, 3.8) is 0 Å². The zero-order valence-corrected chi connectivity index (χ0v) is 18.1. The second-order valence-electron chi connectivity index (χ2n) is 7.98. The molecule has 1 atom stereocenters. The van der Waals surface area contributed by atoms with Gasteiger partial charge in [0.05, 0.1) is 6.54 Å². The van der Waals surface area contributed by atoms with Crippen molar-refractivity contribution < 1.29 is 14.0 Å². The molecule has 1 heterocycles. The van der Waals surface area contributed by atoms with Crippen LogP contribution in [-0.2, 0) is 18.4 Å². The Morgan fingerprint density at radius 2 is 1.76 bits per heavy atom. The van der Waals surface area contributed by atoms with E-state index < -0.39 is 5.82 Å². The molecule has 0 saturated heterocycles.